The highest BCUT2D eigenvalue weighted by atomic mass is 32.2. The molecule has 3 atom stereocenters. The lowest BCUT2D eigenvalue weighted by molar-refractivity contribution is 0.646. The van der Waals surface area contributed by atoms with Gasteiger partial charge in [-0.1, -0.05) is 48.5 Å². The molecule has 2 nitrogen and oxygen atoms in total. The largest absolute Gasteiger partial charge is 0.323 e. The predicted octanol–water partition coefficient (Wildman–Crippen LogP) is 2.87. The van der Waals surface area contributed by atoms with Crippen LogP contribution in [0.2, 0.25) is 0 Å². The third-order valence-electron chi connectivity index (χ3n) is 4.13. The van der Waals surface area contributed by atoms with Crippen molar-refractivity contribution >= 4 is 10.8 Å². The zero-order valence-electron chi connectivity index (χ0n) is 11.6. The van der Waals surface area contributed by atoms with Crippen molar-refractivity contribution in [3.63, 3.8) is 0 Å². The molecule has 2 N–H and O–H groups in total. The fourth-order valence-electron chi connectivity index (χ4n) is 2.88. The lowest BCUT2D eigenvalue weighted by Crippen LogP contribution is -2.27. The number of hydrogen-bond acceptors (Lipinski definition) is 2. The van der Waals surface area contributed by atoms with E-state index < -0.39 is 10.8 Å². The molecular weight excluding hydrogens is 266 g/mol. The molecule has 3 unspecified atom stereocenters. The Bertz CT molecular complexity index is 653. The van der Waals surface area contributed by atoms with E-state index in [9.17, 15) is 4.21 Å². The summed E-state index contributed by atoms with van der Waals surface area (Å²) >= 11 is 0. The minimum absolute atomic E-state index is 0.0343. The Morgan fingerprint density at radius 2 is 1.85 bits per heavy atom. The van der Waals surface area contributed by atoms with Gasteiger partial charge < -0.3 is 5.73 Å². The van der Waals surface area contributed by atoms with Crippen LogP contribution in [0.25, 0.3) is 0 Å². The fourth-order valence-corrected chi connectivity index (χ4v) is 4.56. The van der Waals surface area contributed by atoms with Crippen molar-refractivity contribution in [2.24, 2.45) is 5.73 Å². The Labute approximate surface area is 122 Å². The minimum Gasteiger partial charge on any atom is -0.323 e. The molecule has 0 bridgehead atoms. The van der Waals surface area contributed by atoms with Crippen LogP contribution in [0.15, 0.2) is 48.5 Å². The van der Waals surface area contributed by atoms with Crippen molar-refractivity contribution < 1.29 is 4.21 Å². The first-order chi connectivity index (χ1) is 9.66. The van der Waals surface area contributed by atoms with Crippen molar-refractivity contribution in [1.82, 2.24) is 0 Å². The maximum Gasteiger partial charge on any atom is 0.0584 e. The maximum absolute atomic E-state index is 12.7. The van der Waals surface area contributed by atoms with E-state index in [0.717, 1.165) is 17.5 Å². The first-order valence-corrected chi connectivity index (χ1v) is 8.30. The van der Waals surface area contributed by atoms with Gasteiger partial charge in [-0.05, 0) is 35.6 Å². The number of hydrogen-bond donors (Lipinski definition) is 1. The summed E-state index contributed by atoms with van der Waals surface area (Å²) in [7, 11) is -0.938. The van der Waals surface area contributed by atoms with E-state index in [-0.39, 0.29) is 11.3 Å². The fraction of sp³-hybridized carbons (Fsp3) is 0.294. The molecule has 0 spiro atoms. The molecule has 2 aromatic carbocycles. The van der Waals surface area contributed by atoms with Crippen molar-refractivity contribution in [2.75, 3.05) is 0 Å². The van der Waals surface area contributed by atoms with E-state index in [1.807, 2.05) is 24.3 Å². The van der Waals surface area contributed by atoms with Gasteiger partial charge >= 0.3 is 0 Å². The van der Waals surface area contributed by atoms with Crippen molar-refractivity contribution in [1.29, 1.82) is 0 Å². The molecule has 0 radical (unpaired) electrons. The van der Waals surface area contributed by atoms with Gasteiger partial charge in [0.15, 0.2) is 0 Å². The van der Waals surface area contributed by atoms with Gasteiger partial charge in [-0.25, -0.2) is 0 Å². The molecular formula is C17H19NOS. The molecule has 2 aromatic rings. The number of fused-ring (bicyclic) bond motifs is 1. The Kier molecular flexibility index (Phi) is 3.72. The quantitative estimate of drug-likeness (QED) is 0.942. The van der Waals surface area contributed by atoms with E-state index in [1.54, 1.807) is 0 Å². The molecule has 0 amide bonds. The number of nitrogens with two attached hydrogens (primary N) is 1. The van der Waals surface area contributed by atoms with Gasteiger partial charge in [0.05, 0.1) is 5.25 Å². The molecule has 0 aromatic heterocycles. The van der Waals surface area contributed by atoms with Gasteiger partial charge in [0.2, 0.25) is 0 Å². The third-order valence-corrected chi connectivity index (χ3v) is 5.86. The second-order valence-electron chi connectivity index (χ2n) is 5.42. The summed E-state index contributed by atoms with van der Waals surface area (Å²) < 4.78 is 12.7. The number of rotatable bonds is 3. The summed E-state index contributed by atoms with van der Waals surface area (Å²) in [5.74, 6) is 0.596. The highest BCUT2D eigenvalue weighted by Gasteiger charge is 2.33. The second-order valence-corrected chi connectivity index (χ2v) is 7.07. The number of benzene rings is 2. The number of aryl methyl sites for hydroxylation is 1. The van der Waals surface area contributed by atoms with Crippen LogP contribution in [0, 0.1) is 6.92 Å². The average Bonchev–Trinajstić information content (AvgIpc) is 2.79. The van der Waals surface area contributed by atoms with Crippen LogP contribution in [0.5, 0.6) is 0 Å². The lowest BCUT2D eigenvalue weighted by Gasteiger charge is -2.16. The van der Waals surface area contributed by atoms with Gasteiger partial charge in [0, 0.05) is 22.6 Å². The molecule has 0 saturated carbocycles. The van der Waals surface area contributed by atoms with Crippen LogP contribution >= 0.6 is 0 Å². The van der Waals surface area contributed by atoms with Crippen LogP contribution in [0.1, 0.15) is 28.3 Å². The summed E-state index contributed by atoms with van der Waals surface area (Å²) in [6.07, 6.45) is 0.829. The molecule has 3 rings (SSSR count). The summed E-state index contributed by atoms with van der Waals surface area (Å²) in [4.78, 5) is 0. The van der Waals surface area contributed by atoms with Gasteiger partial charge in [-0.3, -0.25) is 4.21 Å². The summed E-state index contributed by atoms with van der Waals surface area (Å²) in [6, 6.07) is 16.2. The lowest BCUT2D eigenvalue weighted by atomic mass is 10.1. The molecule has 0 fully saturated rings. The monoisotopic (exact) mass is 285 g/mol. The van der Waals surface area contributed by atoms with Crippen LogP contribution in [-0.4, -0.2) is 9.46 Å². The summed E-state index contributed by atoms with van der Waals surface area (Å²) in [6.45, 7) is 2.07. The molecule has 0 aliphatic heterocycles. The van der Waals surface area contributed by atoms with Gasteiger partial charge in [0.25, 0.3) is 0 Å². The SMILES string of the molecule is Cc1ccccc1CS(=O)C1Cc2ccccc2C1N. The van der Waals surface area contributed by atoms with Crippen LogP contribution < -0.4 is 5.73 Å². The first-order valence-electron chi connectivity index (χ1n) is 6.92. The molecule has 3 heteroatoms. The van der Waals surface area contributed by atoms with Gasteiger partial charge in [0.1, 0.15) is 0 Å². The third kappa shape index (κ3) is 2.43. The Balaban J connectivity index is 1.79. The zero-order valence-corrected chi connectivity index (χ0v) is 12.4. The topological polar surface area (TPSA) is 43.1 Å². The summed E-state index contributed by atoms with van der Waals surface area (Å²) in [5, 5.41) is 0.0343. The molecule has 0 heterocycles. The molecule has 20 heavy (non-hydrogen) atoms. The van der Waals surface area contributed by atoms with E-state index in [2.05, 4.69) is 31.2 Å². The van der Waals surface area contributed by atoms with Crippen molar-refractivity contribution in [3.05, 3.63) is 70.8 Å². The van der Waals surface area contributed by atoms with Crippen molar-refractivity contribution in [3.8, 4) is 0 Å². The van der Waals surface area contributed by atoms with Crippen molar-refractivity contribution in [2.45, 2.75) is 30.4 Å². The molecule has 104 valence electrons. The van der Waals surface area contributed by atoms with Gasteiger partial charge in [-0.2, -0.15) is 0 Å². The first kappa shape index (κ1) is 13.5. The Morgan fingerprint density at radius 3 is 2.60 bits per heavy atom. The second kappa shape index (κ2) is 5.51. The van der Waals surface area contributed by atoms with E-state index in [1.165, 1.54) is 11.1 Å². The van der Waals surface area contributed by atoms with Crippen LogP contribution in [0.4, 0.5) is 0 Å². The van der Waals surface area contributed by atoms with E-state index in [0.29, 0.717) is 5.75 Å². The molecule has 1 aliphatic rings. The van der Waals surface area contributed by atoms with Crippen LogP contribution in [0.3, 0.4) is 0 Å². The summed E-state index contributed by atoms with van der Waals surface area (Å²) in [5.41, 5.74) is 11.1. The predicted molar refractivity (Wildman–Crippen MR) is 83.9 cm³/mol. The smallest absolute Gasteiger partial charge is 0.0584 e. The maximum atomic E-state index is 12.7. The standard InChI is InChI=1S/C17H19NOS/c1-12-6-2-3-8-14(12)11-20(19)16-10-13-7-4-5-9-15(13)17(16)18/h2-9,16-17H,10-11,18H2,1H3. The highest BCUT2D eigenvalue weighted by molar-refractivity contribution is 7.84. The molecule has 0 saturated heterocycles. The van der Waals surface area contributed by atoms with E-state index in [4.69, 9.17) is 5.73 Å². The zero-order chi connectivity index (χ0) is 14.1. The average molecular weight is 285 g/mol. The Morgan fingerprint density at radius 1 is 1.15 bits per heavy atom. The normalized spacial score (nSPS) is 22.5. The molecule has 1 aliphatic carbocycles. The minimum atomic E-state index is -0.938. The van der Waals surface area contributed by atoms with E-state index >= 15 is 0 Å². The highest BCUT2D eigenvalue weighted by Crippen LogP contribution is 2.33. The Hall–Kier alpha value is -1.45. The van der Waals surface area contributed by atoms with Crippen LogP contribution in [-0.2, 0) is 23.0 Å². The van der Waals surface area contributed by atoms with Gasteiger partial charge in [-0.15, -0.1) is 0 Å².